The number of rotatable bonds is 26. The Morgan fingerprint density at radius 3 is 1.42 bits per heavy atom. The molecule has 1 aliphatic heterocycles. The first-order valence-electron chi connectivity index (χ1n) is 16.8. The predicted octanol–water partition coefficient (Wildman–Crippen LogP) is 11.7. The van der Waals surface area contributed by atoms with Crippen LogP contribution in [0.3, 0.4) is 0 Å². The summed E-state index contributed by atoms with van der Waals surface area (Å²) in [6.07, 6.45) is 36.7. The number of unbranched alkanes of at least 4 members (excludes halogenated alkanes) is 18. The second-order valence-corrected chi connectivity index (χ2v) is 11.9. The van der Waals surface area contributed by atoms with Crippen molar-refractivity contribution < 1.29 is 0 Å². The lowest BCUT2D eigenvalue weighted by Gasteiger charge is -2.26. The van der Waals surface area contributed by atoms with E-state index in [-0.39, 0.29) is 0 Å². The summed E-state index contributed by atoms with van der Waals surface area (Å²) in [5, 5.41) is 0. The molecule has 1 aliphatic rings. The van der Waals surface area contributed by atoms with Crippen molar-refractivity contribution >= 4 is 12.4 Å². The van der Waals surface area contributed by atoms with Crippen LogP contribution in [0.25, 0.3) is 0 Å². The minimum Gasteiger partial charge on any atom is -0.0965 e. The maximum Gasteiger partial charge on any atom is 0.244 e. The van der Waals surface area contributed by atoms with Crippen molar-refractivity contribution in [2.24, 2.45) is 21.8 Å². The van der Waals surface area contributed by atoms with Crippen molar-refractivity contribution in [3.8, 4) is 0 Å². The molecule has 0 spiro atoms. The summed E-state index contributed by atoms with van der Waals surface area (Å²) in [5.74, 6) is 1.14. The largest absolute Gasteiger partial charge is 0.244 e. The fourth-order valence-corrected chi connectivity index (χ4v) is 6.13. The molecule has 2 heteroatoms. The summed E-state index contributed by atoms with van der Waals surface area (Å²) in [5.41, 5.74) is 1.48. The molecule has 0 bridgehead atoms. The van der Waals surface area contributed by atoms with Crippen LogP contribution < -0.4 is 0 Å². The van der Waals surface area contributed by atoms with Crippen LogP contribution in [-0.2, 0) is 6.42 Å². The van der Waals surface area contributed by atoms with Gasteiger partial charge in [-0.2, -0.15) is 0 Å². The van der Waals surface area contributed by atoms with Gasteiger partial charge in [-0.05, 0) is 30.7 Å². The van der Waals surface area contributed by atoms with Gasteiger partial charge >= 0.3 is 0 Å². The lowest BCUT2D eigenvalue weighted by atomic mass is 9.78. The van der Waals surface area contributed by atoms with Crippen LogP contribution in [0.5, 0.6) is 0 Å². The summed E-state index contributed by atoms with van der Waals surface area (Å²) in [6, 6.07) is 11.2. The van der Waals surface area contributed by atoms with Gasteiger partial charge in [0.25, 0.3) is 0 Å². The van der Waals surface area contributed by atoms with E-state index in [2.05, 4.69) is 44.2 Å². The van der Waals surface area contributed by atoms with Crippen LogP contribution in [0.4, 0.5) is 0 Å². The van der Waals surface area contributed by atoms with Crippen LogP contribution in [0.15, 0.2) is 40.3 Å². The minimum absolute atomic E-state index is 0.498. The van der Waals surface area contributed by atoms with Gasteiger partial charge in [-0.25, -0.2) is 0 Å². The second kappa shape index (κ2) is 23.3. The van der Waals surface area contributed by atoms with Gasteiger partial charge in [0.05, 0.1) is 5.92 Å². The monoisotopic (exact) mass is 521 g/mol. The van der Waals surface area contributed by atoms with Crippen molar-refractivity contribution in [1.82, 2.24) is 0 Å². The van der Waals surface area contributed by atoms with Gasteiger partial charge in [-0.1, -0.05) is 183 Å². The predicted molar refractivity (Wildman–Crippen MR) is 170 cm³/mol. The third-order valence-electron chi connectivity index (χ3n) is 8.52. The molecule has 0 radical (unpaired) electrons. The Labute approximate surface area is 237 Å². The van der Waals surface area contributed by atoms with Gasteiger partial charge in [0.2, 0.25) is 6.17 Å². The maximum absolute atomic E-state index is 4.72. The quantitative estimate of drug-likeness (QED) is 0.0855. The van der Waals surface area contributed by atoms with Gasteiger partial charge < -0.3 is 0 Å². The highest BCUT2D eigenvalue weighted by molar-refractivity contribution is 6.18. The Morgan fingerprint density at radius 2 is 0.947 bits per heavy atom. The zero-order valence-electron chi connectivity index (χ0n) is 25.4. The molecule has 38 heavy (non-hydrogen) atoms. The van der Waals surface area contributed by atoms with E-state index in [9.17, 15) is 0 Å². The van der Waals surface area contributed by atoms with E-state index in [4.69, 9.17) is 9.98 Å². The molecular weight excluding hydrogens is 460 g/mol. The Bertz CT molecular complexity index is 683. The van der Waals surface area contributed by atoms with E-state index in [0.717, 1.165) is 12.6 Å². The standard InChI is InChI=1S/C36H61N2/c1-3-5-7-9-11-12-13-14-15-16-18-19-24-28-34(32-33-26-22-21-23-27-33)35(36-37-30-31-38-36)29-25-20-17-10-8-6-4-2/h21-23,26-27,30-31,34-35H,3-20,24-25,28-29,32H2,1-2H3/q+1. The third-order valence-corrected chi connectivity index (χ3v) is 8.52. The van der Waals surface area contributed by atoms with Gasteiger partial charge in [0.15, 0.2) is 12.4 Å². The zero-order valence-corrected chi connectivity index (χ0v) is 25.4. The molecule has 0 N–H and O–H groups in total. The molecule has 1 aromatic carbocycles. The fourth-order valence-electron chi connectivity index (χ4n) is 6.13. The Hall–Kier alpha value is -1.57. The number of hydrogen-bond donors (Lipinski definition) is 0. The summed E-state index contributed by atoms with van der Waals surface area (Å²) in [7, 11) is 0. The highest BCUT2D eigenvalue weighted by atomic mass is 15.0. The molecule has 0 saturated heterocycles. The summed E-state index contributed by atoms with van der Waals surface area (Å²) in [6.45, 7) is 4.60. The minimum atomic E-state index is 0.498. The lowest BCUT2D eigenvalue weighted by Crippen LogP contribution is -2.22. The Balaban J connectivity index is 1.73. The smallest absolute Gasteiger partial charge is 0.0965 e. The molecule has 2 rings (SSSR count). The maximum atomic E-state index is 4.72. The first kappa shape index (κ1) is 32.6. The van der Waals surface area contributed by atoms with Crippen LogP contribution >= 0.6 is 0 Å². The molecule has 2 nitrogen and oxygen atoms in total. The Morgan fingerprint density at radius 1 is 0.526 bits per heavy atom. The SMILES string of the molecule is CCCCCCCCCCCCCCCC(Cc1ccccc1)C(CCCCCCCCC)[C+]1N=CC=N1. The highest BCUT2D eigenvalue weighted by Crippen LogP contribution is 2.37. The average molecular weight is 522 g/mol. The fraction of sp³-hybridized carbons (Fsp3) is 0.750. The molecule has 0 amide bonds. The number of hydrogen-bond acceptors (Lipinski definition) is 2. The molecule has 2 atom stereocenters. The topological polar surface area (TPSA) is 24.7 Å². The zero-order chi connectivity index (χ0) is 26.9. The molecule has 0 aliphatic carbocycles. The van der Waals surface area contributed by atoms with E-state index >= 15 is 0 Å². The molecule has 1 aromatic rings. The van der Waals surface area contributed by atoms with E-state index < -0.39 is 0 Å². The number of nitrogens with zero attached hydrogens (tertiary/aromatic N) is 2. The number of aliphatic imine (C=N–C) groups is 2. The third kappa shape index (κ3) is 15.7. The van der Waals surface area contributed by atoms with E-state index in [0.29, 0.717) is 11.8 Å². The van der Waals surface area contributed by atoms with Crippen molar-refractivity contribution in [2.45, 2.75) is 162 Å². The summed E-state index contributed by atoms with van der Waals surface area (Å²) >= 11 is 0. The molecule has 0 fully saturated rings. The lowest BCUT2D eigenvalue weighted by molar-refractivity contribution is 0.284. The van der Waals surface area contributed by atoms with Crippen molar-refractivity contribution in [1.29, 1.82) is 0 Å². The normalized spacial score (nSPS) is 14.4. The van der Waals surface area contributed by atoms with Crippen LogP contribution in [0, 0.1) is 18.0 Å². The van der Waals surface area contributed by atoms with E-state index in [1.54, 1.807) is 0 Å². The van der Waals surface area contributed by atoms with E-state index in [1.165, 1.54) is 147 Å². The van der Waals surface area contributed by atoms with Crippen molar-refractivity contribution in [3.63, 3.8) is 0 Å². The second-order valence-electron chi connectivity index (χ2n) is 11.9. The first-order chi connectivity index (χ1) is 18.8. The molecular formula is C36H61N2+. The summed E-state index contributed by atoms with van der Waals surface area (Å²) in [4.78, 5) is 9.44. The van der Waals surface area contributed by atoms with Crippen molar-refractivity contribution in [3.05, 3.63) is 42.1 Å². The van der Waals surface area contributed by atoms with E-state index in [1.807, 2.05) is 12.4 Å². The first-order valence-corrected chi connectivity index (χ1v) is 16.8. The number of benzene rings is 1. The summed E-state index contributed by atoms with van der Waals surface area (Å²) < 4.78 is 0. The van der Waals surface area contributed by atoms with Crippen LogP contribution in [-0.4, -0.2) is 12.4 Å². The molecule has 2 unspecified atom stereocenters. The highest BCUT2D eigenvalue weighted by Gasteiger charge is 2.35. The van der Waals surface area contributed by atoms with Gasteiger partial charge in [0.1, 0.15) is 0 Å². The molecule has 214 valence electrons. The van der Waals surface area contributed by atoms with Gasteiger partial charge in [-0.15, -0.1) is 0 Å². The van der Waals surface area contributed by atoms with Gasteiger partial charge in [-0.3, -0.25) is 0 Å². The van der Waals surface area contributed by atoms with Crippen LogP contribution in [0.1, 0.15) is 161 Å². The van der Waals surface area contributed by atoms with Crippen molar-refractivity contribution in [2.75, 3.05) is 0 Å². The van der Waals surface area contributed by atoms with Crippen LogP contribution in [0.2, 0.25) is 0 Å². The van der Waals surface area contributed by atoms with Gasteiger partial charge in [0, 0.05) is 0 Å². The molecule has 1 heterocycles. The Kier molecular flexibility index (Phi) is 20.0. The molecule has 0 saturated carbocycles. The molecule has 0 aromatic heterocycles. The average Bonchev–Trinajstić information content (AvgIpc) is 3.48.